The third kappa shape index (κ3) is 3.20. The van der Waals surface area contributed by atoms with Crippen molar-refractivity contribution in [3.05, 3.63) is 22.4 Å². The maximum Gasteiger partial charge on any atom is 0.245 e. The fourth-order valence-electron chi connectivity index (χ4n) is 2.61. The number of carbonyl (C=O) groups is 2. The van der Waals surface area contributed by atoms with E-state index in [-0.39, 0.29) is 23.9 Å². The molecule has 1 aliphatic rings. The Morgan fingerprint density at radius 3 is 2.75 bits per heavy atom. The molecule has 0 saturated carbocycles. The van der Waals surface area contributed by atoms with Gasteiger partial charge in [0.05, 0.1) is 0 Å². The van der Waals surface area contributed by atoms with Crippen molar-refractivity contribution in [1.29, 1.82) is 0 Å². The second-order valence-corrected chi connectivity index (χ2v) is 5.97. The number of hydrogen-bond acceptors (Lipinski definition) is 3. The van der Waals surface area contributed by atoms with E-state index in [0.29, 0.717) is 13.0 Å². The lowest BCUT2D eigenvalue weighted by Gasteiger charge is -2.38. The van der Waals surface area contributed by atoms with Crippen LogP contribution in [0.4, 0.5) is 0 Å². The minimum atomic E-state index is -0.349. The summed E-state index contributed by atoms with van der Waals surface area (Å²) >= 11 is 1.66. The van der Waals surface area contributed by atoms with Gasteiger partial charge in [-0.25, -0.2) is 0 Å². The molecule has 1 aliphatic heterocycles. The molecule has 2 rings (SSSR count). The van der Waals surface area contributed by atoms with Crippen molar-refractivity contribution in [3.8, 4) is 0 Å². The number of rotatable bonds is 6. The highest BCUT2D eigenvalue weighted by atomic mass is 32.1. The molecule has 0 aromatic carbocycles. The fraction of sp³-hybridized carbons (Fsp3) is 0.600. The molecule has 1 N–H and O–H groups in total. The zero-order valence-electron chi connectivity index (χ0n) is 12.1. The molecular weight excluding hydrogens is 272 g/mol. The molecule has 1 aromatic heterocycles. The molecule has 1 fully saturated rings. The largest absolute Gasteiger partial charge is 0.343 e. The predicted molar refractivity (Wildman–Crippen MR) is 80.7 cm³/mol. The Bertz CT molecular complexity index is 458. The predicted octanol–water partition coefficient (Wildman–Crippen LogP) is 2.20. The minimum absolute atomic E-state index is 0.00335. The molecule has 2 heterocycles. The first kappa shape index (κ1) is 15.0. The number of piperazine rings is 1. The first-order valence-electron chi connectivity index (χ1n) is 7.29. The van der Waals surface area contributed by atoms with E-state index < -0.39 is 0 Å². The van der Waals surface area contributed by atoms with Gasteiger partial charge in [-0.15, -0.1) is 0 Å². The average molecular weight is 294 g/mol. The third-order valence-electron chi connectivity index (χ3n) is 3.77. The Morgan fingerprint density at radius 2 is 2.15 bits per heavy atom. The number of amides is 2. The topological polar surface area (TPSA) is 49.4 Å². The summed E-state index contributed by atoms with van der Waals surface area (Å²) in [5, 5.41) is 6.98. The van der Waals surface area contributed by atoms with Crippen molar-refractivity contribution in [1.82, 2.24) is 10.2 Å². The molecule has 0 bridgehead atoms. The second-order valence-electron chi connectivity index (χ2n) is 5.19. The van der Waals surface area contributed by atoms with E-state index in [9.17, 15) is 9.59 Å². The van der Waals surface area contributed by atoms with E-state index in [4.69, 9.17) is 0 Å². The Balaban J connectivity index is 2.09. The zero-order valence-corrected chi connectivity index (χ0v) is 12.9. The maximum absolute atomic E-state index is 12.5. The molecule has 110 valence electrons. The lowest BCUT2D eigenvalue weighted by atomic mass is 10.0. The minimum Gasteiger partial charge on any atom is -0.343 e. The monoisotopic (exact) mass is 294 g/mol. The average Bonchev–Trinajstić information content (AvgIpc) is 2.95. The standard InChI is InChI=1S/C15H22N2O2S/c1-3-5-13-14(18)16-12(4-2)15(19)17(13)8-6-11-7-9-20-10-11/h7,9-10,12-13H,3-6,8H2,1-2H3,(H,16,18). The molecule has 2 atom stereocenters. The molecule has 0 aliphatic carbocycles. The molecular formula is C15H22N2O2S. The number of nitrogens with one attached hydrogen (secondary N) is 1. The van der Waals surface area contributed by atoms with Gasteiger partial charge in [-0.05, 0) is 41.7 Å². The number of thiophene rings is 1. The van der Waals surface area contributed by atoms with Gasteiger partial charge in [0.2, 0.25) is 11.8 Å². The number of hydrogen-bond donors (Lipinski definition) is 1. The van der Waals surface area contributed by atoms with Crippen LogP contribution in [0.25, 0.3) is 0 Å². The molecule has 5 heteroatoms. The highest BCUT2D eigenvalue weighted by molar-refractivity contribution is 7.07. The normalized spacial score (nSPS) is 23.0. The molecule has 1 saturated heterocycles. The molecule has 2 unspecified atom stereocenters. The van der Waals surface area contributed by atoms with Gasteiger partial charge in [-0.1, -0.05) is 20.3 Å². The van der Waals surface area contributed by atoms with Crippen LogP contribution in [0.2, 0.25) is 0 Å². The first-order valence-corrected chi connectivity index (χ1v) is 8.23. The molecule has 0 spiro atoms. The van der Waals surface area contributed by atoms with Crippen LogP contribution < -0.4 is 5.32 Å². The highest BCUT2D eigenvalue weighted by Gasteiger charge is 2.38. The van der Waals surface area contributed by atoms with Crippen LogP contribution in [0, 0.1) is 0 Å². The van der Waals surface area contributed by atoms with Crippen LogP contribution in [0.15, 0.2) is 16.8 Å². The maximum atomic E-state index is 12.5. The quantitative estimate of drug-likeness (QED) is 0.874. The Hall–Kier alpha value is -1.36. The van der Waals surface area contributed by atoms with Gasteiger partial charge in [0.15, 0.2) is 0 Å². The third-order valence-corrected chi connectivity index (χ3v) is 4.50. The van der Waals surface area contributed by atoms with E-state index in [1.807, 2.05) is 19.2 Å². The van der Waals surface area contributed by atoms with Crippen LogP contribution in [0.3, 0.4) is 0 Å². The van der Waals surface area contributed by atoms with Gasteiger partial charge < -0.3 is 10.2 Å². The lowest BCUT2D eigenvalue weighted by molar-refractivity contribution is -0.149. The van der Waals surface area contributed by atoms with E-state index in [0.717, 1.165) is 19.3 Å². The second kappa shape index (κ2) is 6.88. The van der Waals surface area contributed by atoms with Crippen LogP contribution in [0.5, 0.6) is 0 Å². The summed E-state index contributed by atoms with van der Waals surface area (Å²) in [5.74, 6) is 0.0735. The van der Waals surface area contributed by atoms with Gasteiger partial charge >= 0.3 is 0 Å². The fourth-order valence-corrected chi connectivity index (χ4v) is 3.32. The number of carbonyl (C=O) groups excluding carboxylic acids is 2. The van der Waals surface area contributed by atoms with Crippen LogP contribution in [-0.2, 0) is 16.0 Å². The van der Waals surface area contributed by atoms with E-state index in [2.05, 4.69) is 16.8 Å². The van der Waals surface area contributed by atoms with E-state index in [1.54, 1.807) is 16.2 Å². The van der Waals surface area contributed by atoms with E-state index in [1.165, 1.54) is 5.56 Å². The lowest BCUT2D eigenvalue weighted by Crippen LogP contribution is -2.63. The Labute approximate surface area is 124 Å². The van der Waals surface area contributed by atoms with Crippen molar-refractivity contribution in [2.45, 2.75) is 51.6 Å². The summed E-state index contributed by atoms with van der Waals surface area (Å²) in [4.78, 5) is 26.4. The Kier molecular flexibility index (Phi) is 5.17. The summed E-state index contributed by atoms with van der Waals surface area (Å²) in [5.41, 5.74) is 1.23. The van der Waals surface area contributed by atoms with Crippen molar-refractivity contribution in [2.75, 3.05) is 6.54 Å². The smallest absolute Gasteiger partial charge is 0.245 e. The van der Waals surface area contributed by atoms with Crippen LogP contribution >= 0.6 is 11.3 Å². The van der Waals surface area contributed by atoms with Crippen LogP contribution in [0.1, 0.15) is 38.7 Å². The van der Waals surface area contributed by atoms with Gasteiger partial charge in [0.1, 0.15) is 12.1 Å². The molecule has 20 heavy (non-hydrogen) atoms. The van der Waals surface area contributed by atoms with Gasteiger partial charge in [-0.2, -0.15) is 11.3 Å². The van der Waals surface area contributed by atoms with Crippen molar-refractivity contribution >= 4 is 23.2 Å². The summed E-state index contributed by atoms with van der Waals surface area (Å²) in [6, 6.07) is 1.43. The van der Waals surface area contributed by atoms with Gasteiger partial charge in [-0.3, -0.25) is 9.59 Å². The van der Waals surface area contributed by atoms with Crippen molar-refractivity contribution < 1.29 is 9.59 Å². The summed E-state index contributed by atoms with van der Waals surface area (Å²) in [6.07, 6.45) is 3.10. The van der Waals surface area contributed by atoms with Gasteiger partial charge in [0.25, 0.3) is 0 Å². The first-order chi connectivity index (χ1) is 9.67. The summed E-state index contributed by atoms with van der Waals surface area (Å²) in [6.45, 7) is 4.60. The molecule has 4 nitrogen and oxygen atoms in total. The van der Waals surface area contributed by atoms with Crippen molar-refractivity contribution in [2.24, 2.45) is 0 Å². The SMILES string of the molecule is CCCC1C(=O)NC(CC)C(=O)N1CCc1ccsc1. The number of nitrogens with zero attached hydrogens (tertiary/aromatic N) is 1. The molecule has 0 radical (unpaired) electrons. The van der Waals surface area contributed by atoms with Crippen LogP contribution in [-0.4, -0.2) is 35.3 Å². The highest BCUT2D eigenvalue weighted by Crippen LogP contribution is 2.17. The Morgan fingerprint density at radius 1 is 1.35 bits per heavy atom. The molecule has 2 amide bonds. The zero-order chi connectivity index (χ0) is 14.5. The van der Waals surface area contributed by atoms with Gasteiger partial charge in [0, 0.05) is 6.54 Å². The summed E-state index contributed by atoms with van der Waals surface area (Å²) in [7, 11) is 0. The van der Waals surface area contributed by atoms with E-state index >= 15 is 0 Å². The van der Waals surface area contributed by atoms with Crippen molar-refractivity contribution in [3.63, 3.8) is 0 Å². The summed E-state index contributed by atoms with van der Waals surface area (Å²) < 4.78 is 0. The molecule has 1 aromatic rings.